The molecule has 0 bridgehead atoms. The van der Waals surface area contributed by atoms with Crippen LogP contribution in [-0.2, 0) is 32.0 Å². The zero-order valence-corrected chi connectivity index (χ0v) is 15.1. The molecular formula is C12H16KN5O2. The van der Waals surface area contributed by atoms with E-state index in [-0.39, 0.29) is 57.9 Å². The van der Waals surface area contributed by atoms with E-state index in [4.69, 9.17) is 0 Å². The number of carbonyl (C=O) groups is 1. The van der Waals surface area contributed by atoms with Crippen molar-refractivity contribution in [2.75, 3.05) is 6.54 Å². The van der Waals surface area contributed by atoms with Gasteiger partial charge in [0.15, 0.2) is 0 Å². The summed E-state index contributed by atoms with van der Waals surface area (Å²) >= 11 is 0. The molecule has 102 valence electrons. The maximum Gasteiger partial charge on any atom is 1.00 e. The minimum Gasteiger partial charge on any atom is -0.549 e. The third kappa shape index (κ3) is 4.79. The van der Waals surface area contributed by atoms with E-state index < -0.39 is 5.97 Å². The third-order valence-corrected chi connectivity index (χ3v) is 2.92. The van der Waals surface area contributed by atoms with Crippen LogP contribution in [-0.4, -0.2) is 36.5 Å². The molecule has 0 aromatic carbocycles. The van der Waals surface area contributed by atoms with Gasteiger partial charge in [-0.05, 0) is 0 Å². The molecule has 2 heterocycles. The van der Waals surface area contributed by atoms with Gasteiger partial charge in [-0.25, -0.2) is 9.97 Å². The predicted octanol–water partition coefficient (Wildman–Crippen LogP) is -4.09. The fraction of sp³-hybridized carbons (Fsp3) is 0.417. The van der Waals surface area contributed by atoms with Crippen molar-refractivity contribution >= 4 is 5.97 Å². The number of imidazole rings is 2. The number of hydrogen-bond acceptors (Lipinski definition) is 5. The number of nitrogens with zero attached hydrogens (tertiary/aromatic N) is 5. The predicted molar refractivity (Wildman–Crippen MR) is 65.5 cm³/mol. The van der Waals surface area contributed by atoms with Gasteiger partial charge in [-0.3, -0.25) is 4.90 Å². The van der Waals surface area contributed by atoms with Gasteiger partial charge in [0.2, 0.25) is 0 Å². The Balaban J connectivity index is 0.00000200. The first-order valence-corrected chi connectivity index (χ1v) is 5.91. The van der Waals surface area contributed by atoms with Crippen LogP contribution in [0.5, 0.6) is 0 Å². The molecule has 0 saturated carbocycles. The third-order valence-electron chi connectivity index (χ3n) is 2.92. The zero-order chi connectivity index (χ0) is 13.8. The molecule has 2 rings (SSSR count). The number of hydrogen-bond donors (Lipinski definition) is 0. The first kappa shape index (κ1) is 17.5. The molecule has 7 nitrogen and oxygen atoms in total. The van der Waals surface area contributed by atoms with Crippen LogP contribution >= 0.6 is 0 Å². The number of carboxylic acid groups (broad SMARTS) is 1. The average Bonchev–Trinajstić information content (AvgIpc) is 2.89. The number of aryl methyl sites for hydroxylation is 2. The van der Waals surface area contributed by atoms with Gasteiger partial charge in [0.25, 0.3) is 0 Å². The molecule has 0 aliphatic heterocycles. The number of carbonyl (C=O) groups excluding carboxylic acids is 1. The Labute approximate surface area is 160 Å². The monoisotopic (exact) mass is 301 g/mol. The van der Waals surface area contributed by atoms with E-state index in [0.29, 0.717) is 13.1 Å². The van der Waals surface area contributed by atoms with E-state index in [1.165, 1.54) is 0 Å². The fourth-order valence-corrected chi connectivity index (χ4v) is 1.85. The smallest absolute Gasteiger partial charge is 0.549 e. The summed E-state index contributed by atoms with van der Waals surface area (Å²) in [5.74, 6) is 0.495. The van der Waals surface area contributed by atoms with Gasteiger partial charge >= 0.3 is 51.4 Å². The van der Waals surface area contributed by atoms with Gasteiger partial charge in [-0.15, -0.1) is 0 Å². The first-order valence-electron chi connectivity index (χ1n) is 5.91. The van der Waals surface area contributed by atoms with E-state index >= 15 is 0 Å². The van der Waals surface area contributed by atoms with Crippen LogP contribution in [0.1, 0.15) is 11.6 Å². The van der Waals surface area contributed by atoms with Gasteiger partial charge in [-0.1, -0.05) is 0 Å². The van der Waals surface area contributed by atoms with Gasteiger partial charge in [0.1, 0.15) is 11.6 Å². The first-order chi connectivity index (χ1) is 9.06. The van der Waals surface area contributed by atoms with E-state index in [1.54, 1.807) is 17.3 Å². The Morgan fingerprint density at radius 3 is 1.90 bits per heavy atom. The van der Waals surface area contributed by atoms with Crippen molar-refractivity contribution in [1.29, 1.82) is 0 Å². The molecule has 0 saturated heterocycles. The zero-order valence-electron chi connectivity index (χ0n) is 12.0. The van der Waals surface area contributed by atoms with Gasteiger partial charge < -0.3 is 19.0 Å². The van der Waals surface area contributed by atoms with Gasteiger partial charge in [-0.2, -0.15) is 0 Å². The summed E-state index contributed by atoms with van der Waals surface area (Å²) in [6, 6.07) is 0. The van der Waals surface area contributed by atoms with Gasteiger partial charge in [0, 0.05) is 45.4 Å². The van der Waals surface area contributed by atoms with E-state index in [0.717, 1.165) is 11.6 Å². The molecule has 0 spiro atoms. The Morgan fingerprint density at radius 1 is 1.15 bits per heavy atom. The van der Waals surface area contributed by atoms with Crippen LogP contribution in [0.4, 0.5) is 0 Å². The van der Waals surface area contributed by atoms with Crippen molar-refractivity contribution < 1.29 is 61.3 Å². The molecule has 0 atom stereocenters. The van der Waals surface area contributed by atoms with Crippen molar-refractivity contribution in [3.63, 3.8) is 0 Å². The Bertz CT molecular complexity index is 523. The van der Waals surface area contributed by atoms with Crippen LogP contribution in [0.15, 0.2) is 24.8 Å². The van der Waals surface area contributed by atoms with E-state index in [1.807, 2.05) is 35.6 Å². The Morgan fingerprint density at radius 2 is 1.60 bits per heavy atom. The van der Waals surface area contributed by atoms with Crippen molar-refractivity contribution in [2.24, 2.45) is 14.1 Å². The molecule has 8 heteroatoms. The van der Waals surface area contributed by atoms with Crippen molar-refractivity contribution in [2.45, 2.75) is 13.1 Å². The average molecular weight is 301 g/mol. The van der Waals surface area contributed by atoms with Crippen LogP contribution in [0.25, 0.3) is 0 Å². The molecule has 0 radical (unpaired) electrons. The topological polar surface area (TPSA) is 79.0 Å². The summed E-state index contributed by atoms with van der Waals surface area (Å²) < 4.78 is 3.72. The second-order valence-electron chi connectivity index (χ2n) is 4.43. The summed E-state index contributed by atoms with van der Waals surface area (Å²) in [7, 11) is 3.75. The summed E-state index contributed by atoms with van der Waals surface area (Å²) in [5.41, 5.74) is 0. The number of rotatable bonds is 6. The fourth-order valence-electron chi connectivity index (χ4n) is 1.85. The molecule has 2 aromatic heterocycles. The summed E-state index contributed by atoms with van der Waals surface area (Å²) in [6.07, 6.45) is 7.03. The normalized spacial score (nSPS) is 10.6. The summed E-state index contributed by atoms with van der Waals surface area (Å²) in [4.78, 5) is 21.0. The second kappa shape index (κ2) is 8.06. The largest absolute Gasteiger partial charge is 1.00 e. The van der Waals surface area contributed by atoms with Crippen molar-refractivity contribution in [3.05, 3.63) is 36.4 Å². The quantitative estimate of drug-likeness (QED) is 0.507. The van der Waals surface area contributed by atoms with Crippen molar-refractivity contribution in [1.82, 2.24) is 24.0 Å². The number of carboxylic acids is 1. The molecule has 0 aliphatic carbocycles. The Kier molecular flexibility index (Phi) is 7.07. The Hall–Kier alpha value is -0.514. The second-order valence-corrected chi connectivity index (χ2v) is 4.43. The van der Waals surface area contributed by atoms with E-state index in [2.05, 4.69) is 9.97 Å². The molecule has 2 aromatic rings. The standard InChI is InChI=1S/C12H17N5O2.K/c1-15-5-3-13-10(15)7-17(9-12(18)19)8-11-14-4-6-16(11)2;/h3-6H,7-9H2,1-2H3,(H,18,19);/q;+1/p-1. The minimum absolute atomic E-state index is 0. The number of aromatic nitrogens is 4. The SMILES string of the molecule is Cn1ccnc1CN(CC(=O)[O-])Cc1nccn1C.[K+]. The molecule has 0 N–H and O–H groups in total. The maximum atomic E-state index is 10.8. The van der Waals surface area contributed by atoms with Crippen LogP contribution in [0.2, 0.25) is 0 Å². The van der Waals surface area contributed by atoms with Crippen LogP contribution < -0.4 is 56.5 Å². The molecule has 0 amide bonds. The molecular weight excluding hydrogens is 285 g/mol. The maximum absolute atomic E-state index is 10.8. The van der Waals surface area contributed by atoms with Gasteiger partial charge in [0.05, 0.1) is 19.1 Å². The summed E-state index contributed by atoms with van der Waals surface area (Å²) in [5, 5.41) is 10.8. The van der Waals surface area contributed by atoms with Crippen molar-refractivity contribution in [3.8, 4) is 0 Å². The van der Waals surface area contributed by atoms with E-state index in [9.17, 15) is 9.90 Å². The van der Waals surface area contributed by atoms with Crippen LogP contribution in [0.3, 0.4) is 0 Å². The molecule has 0 fully saturated rings. The van der Waals surface area contributed by atoms with Crippen LogP contribution in [0, 0.1) is 0 Å². The number of aliphatic carboxylic acids is 1. The summed E-state index contributed by atoms with van der Waals surface area (Å²) in [6.45, 7) is 0.717. The minimum atomic E-state index is -1.11. The molecule has 20 heavy (non-hydrogen) atoms. The molecule has 0 aliphatic rings. The molecule has 0 unspecified atom stereocenters.